The monoisotopic (exact) mass is 1370 g/mol. The van der Waals surface area contributed by atoms with Crippen molar-refractivity contribution in [2.45, 2.75) is 55.4 Å². The Morgan fingerprint density at radius 3 is 0.594 bits per heavy atom. The van der Waals surface area contributed by atoms with Gasteiger partial charge in [0.05, 0.1) is 0 Å². The van der Waals surface area contributed by atoms with E-state index in [0.29, 0.717) is 0 Å². The van der Waals surface area contributed by atoms with Gasteiger partial charge < -0.3 is 19.6 Å². The van der Waals surface area contributed by atoms with Crippen LogP contribution in [0.25, 0.3) is 65.3 Å². The molecule has 0 aliphatic heterocycles. The second kappa shape index (κ2) is 28.2. The van der Waals surface area contributed by atoms with Gasteiger partial charge in [-0.3, -0.25) is 0 Å². The lowest BCUT2D eigenvalue weighted by Gasteiger charge is -2.31. The molecule has 0 aliphatic carbocycles. The first-order valence-electron chi connectivity index (χ1n) is 34.8. The van der Waals surface area contributed by atoms with Crippen LogP contribution in [0.4, 0.5) is 68.2 Å². The number of halogens is 1. The molecule has 0 bridgehead atoms. The maximum atomic E-state index is 3.99. The number of hydrogen-bond donors (Lipinski definition) is 0. The van der Waals surface area contributed by atoms with E-state index in [9.17, 15) is 0 Å². The highest BCUT2D eigenvalue weighted by molar-refractivity contribution is 9.10. The minimum atomic E-state index is 1.08. The molecule has 5 heteroatoms. The Bertz CT molecular complexity index is 5130. The second-order valence-corrected chi connectivity index (χ2v) is 27.8. The summed E-state index contributed by atoms with van der Waals surface area (Å²) in [6.07, 6.45) is 0. The third kappa shape index (κ3) is 13.5. The fourth-order valence-electron chi connectivity index (χ4n) is 14.0. The Kier molecular flexibility index (Phi) is 18.2. The molecular formula is C96H79BrN4. The minimum Gasteiger partial charge on any atom is -0.310 e. The van der Waals surface area contributed by atoms with Crippen LogP contribution in [0.1, 0.15) is 44.5 Å². The van der Waals surface area contributed by atoms with E-state index < -0.39 is 0 Å². The summed E-state index contributed by atoms with van der Waals surface area (Å²) in [5.41, 5.74) is 27.9. The molecule has 0 saturated heterocycles. The van der Waals surface area contributed by atoms with Gasteiger partial charge >= 0.3 is 0 Å². The summed E-state index contributed by atoms with van der Waals surface area (Å²) in [5, 5.41) is 9.75. The molecule has 0 fully saturated rings. The van der Waals surface area contributed by atoms with Crippen LogP contribution in [0.15, 0.2) is 338 Å². The van der Waals surface area contributed by atoms with E-state index in [-0.39, 0.29) is 0 Å². The summed E-state index contributed by atoms with van der Waals surface area (Å²) in [5.74, 6) is 0. The molecule has 490 valence electrons. The van der Waals surface area contributed by atoms with Gasteiger partial charge in [-0.05, 0) is 276 Å². The average molecular weight is 1370 g/mol. The molecule has 0 radical (unpaired) electrons. The van der Waals surface area contributed by atoms with Crippen LogP contribution >= 0.6 is 15.9 Å². The van der Waals surface area contributed by atoms with E-state index in [1.807, 2.05) is 0 Å². The van der Waals surface area contributed by atoms with Gasteiger partial charge in [0.1, 0.15) is 0 Å². The molecule has 0 amide bonds. The molecule has 0 spiro atoms. The van der Waals surface area contributed by atoms with Crippen LogP contribution in [0.5, 0.6) is 0 Å². The lowest BCUT2D eigenvalue weighted by atomic mass is 9.91. The number of rotatable bonds is 14. The van der Waals surface area contributed by atoms with E-state index in [1.165, 1.54) is 104 Å². The van der Waals surface area contributed by atoms with Gasteiger partial charge in [0, 0.05) is 72.7 Å². The van der Waals surface area contributed by atoms with Crippen molar-refractivity contribution in [3.8, 4) is 22.3 Å². The number of aryl methyl sites for hydroxylation is 8. The normalized spacial score (nSPS) is 11.2. The summed E-state index contributed by atoms with van der Waals surface area (Å²) >= 11 is 3.99. The smallest absolute Gasteiger partial charge is 0.0488 e. The van der Waals surface area contributed by atoms with E-state index in [1.54, 1.807) is 0 Å². The molecule has 0 aromatic heterocycles. The molecule has 0 N–H and O–H groups in total. The third-order valence-corrected chi connectivity index (χ3v) is 20.2. The summed E-state index contributed by atoms with van der Waals surface area (Å²) in [6, 6.07) is 122. The van der Waals surface area contributed by atoms with Crippen LogP contribution in [0.2, 0.25) is 0 Å². The van der Waals surface area contributed by atoms with Gasteiger partial charge in [-0.15, -0.1) is 0 Å². The molecule has 16 aromatic carbocycles. The fourth-order valence-corrected chi connectivity index (χ4v) is 14.7. The van der Waals surface area contributed by atoms with Crippen molar-refractivity contribution in [1.82, 2.24) is 0 Å². The summed E-state index contributed by atoms with van der Waals surface area (Å²) in [7, 11) is 0. The fraction of sp³-hybridized carbons (Fsp3) is 0.0833. The molecule has 101 heavy (non-hydrogen) atoms. The zero-order chi connectivity index (χ0) is 69.3. The summed E-state index contributed by atoms with van der Waals surface area (Å²) < 4.78 is 1.12. The largest absolute Gasteiger partial charge is 0.310 e. The first-order chi connectivity index (χ1) is 49.2. The highest BCUT2D eigenvalue weighted by Gasteiger charge is 2.25. The molecule has 16 rings (SSSR count). The molecule has 0 atom stereocenters. The molecular weight excluding hydrogens is 1290 g/mol. The van der Waals surface area contributed by atoms with Crippen LogP contribution in [0, 0.1) is 55.4 Å². The van der Waals surface area contributed by atoms with Crippen molar-refractivity contribution in [2.24, 2.45) is 0 Å². The average Bonchev–Trinajstić information content (AvgIpc) is 0.749. The SMILES string of the molecule is Cc1ccc(N(c2ccc(C)cc2)c2cc(-c3c4ccccc4c(Br)c4ccccc34)cc(N(c3ccc(C)cc3)c3ccc(C)cc3)c2)cc1.Cc1ccc(N(c2ccc(C)cc2)c2cc(-c3c4ccccc4cc4ccccc34)cc(N(c3ccc(C)cc3)c3ccc(C)cc3)c2)cc1. The van der Waals surface area contributed by atoms with Gasteiger partial charge in [-0.2, -0.15) is 0 Å². The predicted molar refractivity (Wildman–Crippen MR) is 438 cm³/mol. The predicted octanol–water partition coefficient (Wildman–Crippen LogP) is 28.4. The third-order valence-electron chi connectivity index (χ3n) is 19.4. The molecule has 0 saturated carbocycles. The standard InChI is InChI=1S/C48H39BrN2.C48H40N2/c1-32-13-21-37(22-14-32)50(38-23-15-33(2)16-24-38)41-29-36(47-43-9-5-7-11-45(43)48(49)46-12-8-6-10-44(46)47)30-42(31-41)51(39-25-17-34(3)18-26-39)40-27-19-35(4)20-28-40;1-33-13-21-40(22-14-33)49(41-23-15-34(2)16-24-41)44-30-39(48-46-11-7-5-9-37(46)29-38-10-6-8-12-47(38)48)31-45(32-44)50(42-25-17-35(3)18-26-42)43-27-19-36(4)20-28-43/h5-31H,1-4H3;5-32H,1-4H3. The lowest BCUT2D eigenvalue weighted by Crippen LogP contribution is -2.14. The van der Waals surface area contributed by atoms with Crippen molar-refractivity contribution in [2.75, 3.05) is 19.6 Å². The van der Waals surface area contributed by atoms with Crippen LogP contribution in [-0.2, 0) is 0 Å². The summed E-state index contributed by atoms with van der Waals surface area (Å²) in [6.45, 7) is 17.1. The quantitative estimate of drug-likeness (QED) is 0.101. The Labute approximate surface area is 603 Å². The number of benzene rings is 16. The minimum absolute atomic E-state index is 1.08. The number of hydrogen-bond acceptors (Lipinski definition) is 4. The van der Waals surface area contributed by atoms with Gasteiger partial charge in [-0.1, -0.05) is 239 Å². The van der Waals surface area contributed by atoms with Gasteiger partial charge in [0.15, 0.2) is 0 Å². The maximum absolute atomic E-state index is 3.99. The van der Waals surface area contributed by atoms with Gasteiger partial charge in [0.25, 0.3) is 0 Å². The summed E-state index contributed by atoms with van der Waals surface area (Å²) in [4.78, 5) is 9.55. The molecule has 16 aromatic rings. The first kappa shape index (κ1) is 65.2. The van der Waals surface area contributed by atoms with Crippen molar-refractivity contribution in [3.63, 3.8) is 0 Å². The zero-order valence-electron chi connectivity index (χ0n) is 58.4. The van der Waals surface area contributed by atoms with Crippen LogP contribution < -0.4 is 19.6 Å². The lowest BCUT2D eigenvalue weighted by molar-refractivity contribution is 1.24. The van der Waals surface area contributed by atoms with Crippen LogP contribution in [0.3, 0.4) is 0 Å². The van der Waals surface area contributed by atoms with Crippen molar-refractivity contribution in [1.29, 1.82) is 0 Å². The molecule has 0 unspecified atom stereocenters. The Hall–Kier alpha value is -11.8. The highest BCUT2D eigenvalue weighted by atomic mass is 79.9. The van der Waals surface area contributed by atoms with E-state index >= 15 is 0 Å². The maximum Gasteiger partial charge on any atom is 0.0488 e. The topological polar surface area (TPSA) is 13.0 Å². The van der Waals surface area contributed by atoms with Crippen LogP contribution in [-0.4, -0.2) is 0 Å². The zero-order valence-corrected chi connectivity index (χ0v) is 60.0. The Morgan fingerprint density at radius 1 is 0.178 bits per heavy atom. The van der Waals surface area contributed by atoms with Gasteiger partial charge in [0.2, 0.25) is 0 Å². The Morgan fingerprint density at radius 2 is 0.366 bits per heavy atom. The van der Waals surface area contributed by atoms with Crippen molar-refractivity contribution in [3.05, 3.63) is 383 Å². The second-order valence-electron chi connectivity index (χ2n) is 27.0. The Balaban J connectivity index is 0.000000164. The van der Waals surface area contributed by atoms with Crippen molar-refractivity contribution >= 4 is 127 Å². The number of nitrogens with zero attached hydrogens (tertiary/aromatic N) is 4. The van der Waals surface area contributed by atoms with E-state index in [4.69, 9.17) is 0 Å². The molecule has 0 aliphatic rings. The molecule has 4 nitrogen and oxygen atoms in total. The van der Waals surface area contributed by atoms with E-state index in [0.717, 1.165) is 78.3 Å². The van der Waals surface area contributed by atoms with E-state index in [2.05, 4.69) is 425 Å². The van der Waals surface area contributed by atoms with Crippen molar-refractivity contribution < 1.29 is 0 Å². The first-order valence-corrected chi connectivity index (χ1v) is 35.6. The molecule has 0 heterocycles. The van der Waals surface area contributed by atoms with Gasteiger partial charge in [-0.25, -0.2) is 0 Å². The highest BCUT2D eigenvalue weighted by Crippen LogP contribution is 2.50. The number of anilines is 12. The number of fused-ring (bicyclic) bond motifs is 4.